The van der Waals surface area contributed by atoms with Crippen LogP contribution in [0.1, 0.15) is 37.2 Å². The number of benzene rings is 1. The van der Waals surface area contributed by atoms with Crippen LogP contribution in [0, 0.1) is 0 Å². The van der Waals surface area contributed by atoms with E-state index in [-0.39, 0.29) is 6.10 Å². The van der Waals surface area contributed by atoms with Gasteiger partial charge in [-0.2, -0.15) is 4.98 Å². The van der Waals surface area contributed by atoms with E-state index in [9.17, 15) is 0 Å². The minimum absolute atomic E-state index is 0.164. The molecule has 1 heterocycles. The van der Waals surface area contributed by atoms with Crippen LogP contribution in [-0.4, -0.2) is 16.7 Å². The molecule has 2 N–H and O–H groups in total. The second-order valence-corrected chi connectivity index (χ2v) is 4.09. The van der Waals surface area contributed by atoms with Crippen LogP contribution in [0.4, 0.5) is 5.69 Å². The lowest BCUT2D eigenvalue weighted by atomic mass is 10.2. The van der Waals surface area contributed by atoms with Gasteiger partial charge in [-0.15, -0.1) is 0 Å². The van der Waals surface area contributed by atoms with Crippen molar-refractivity contribution in [3.8, 4) is 0 Å². The van der Waals surface area contributed by atoms with Crippen LogP contribution in [0.15, 0.2) is 28.8 Å². The summed E-state index contributed by atoms with van der Waals surface area (Å²) in [7, 11) is 0. The summed E-state index contributed by atoms with van der Waals surface area (Å²) in [5.41, 5.74) is 7.41. The zero-order valence-electron chi connectivity index (χ0n) is 11.0. The summed E-state index contributed by atoms with van der Waals surface area (Å²) >= 11 is 0. The van der Waals surface area contributed by atoms with Gasteiger partial charge in [0.15, 0.2) is 0 Å². The number of nitrogen functional groups attached to an aromatic ring is 1. The lowest BCUT2D eigenvalue weighted by Gasteiger charge is -2.04. The number of anilines is 1. The van der Waals surface area contributed by atoms with Gasteiger partial charge in [-0.3, -0.25) is 0 Å². The molecular formula is C14H17N3O2. The molecule has 2 aromatic rings. The molecule has 0 aliphatic carbocycles. The van der Waals surface area contributed by atoms with Crippen LogP contribution in [0.2, 0.25) is 0 Å². The zero-order valence-corrected chi connectivity index (χ0v) is 11.0. The lowest BCUT2D eigenvalue weighted by molar-refractivity contribution is 0.0683. The van der Waals surface area contributed by atoms with Crippen LogP contribution in [0.25, 0.3) is 12.2 Å². The summed E-state index contributed by atoms with van der Waals surface area (Å²) in [5.74, 6) is 0.998. The molecule has 0 spiro atoms. The minimum atomic E-state index is -0.164. The van der Waals surface area contributed by atoms with Crippen molar-refractivity contribution in [3.05, 3.63) is 41.5 Å². The van der Waals surface area contributed by atoms with E-state index in [0.29, 0.717) is 18.3 Å². The van der Waals surface area contributed by atoms with Gasteiger partial charge in [-0.25, -0.2) is 0 Å². The van der Waals surface area contributed by atoms with Gasteiger partial charge in [0.1, 0.15) is 6.10 Å². The summed E-state index contributed by atoms with van der Waals surface area (Å²) in [5, 5.41) is 3.88. The number of nitrogens with two attached hydrogens (primary N) is 1. The van der Waals surface area contributed by atoms with Gasteiger partial charge < -0.3 is 15.0 Å². The number of hydrogen-bond acceptors (Lipinski definition) is 5. The smallest absolute Gasteiger partial charge is 0.250 e. The first-order chi connectivity index (χ1) is 9.19. The van der Waals surface area contributed by atoms with Crippen LogP contribution in [-0.2, 0) is 4.74 Å². The molecule has 1 aromatic heterocycles. The summed E-state index contributed by atoms with van der Waals surface area (Å²) in [6, 6.07) is 7.56. The van der Waals surface area contributed by atoms with Crippen LogP contribution in [0.3, 0.4) is 0 Å². The van der Waals surface area contributed by atoms with E-state index < -0.39 is 0 Å². The van der Waals surface area contributed by atoms with E-state index in [1.165, 1.54) is 0 Å². The highest BCUT2D eigenvalue weighted by atomic mass is 16.5. The molecule has 1 unspecified atom stereocenters. The van der Waals surface area contributed by atoms with Crippen molar-refractivity contribution in [2.75, 3.05) is 12.3 Å². The predicted molar refractivity (Wildman–Crippen MR) is 74.1 cm³/mol. The third-order valence-electron chi connectivity index (χ3n) is 2.57. The molecule has 0 saturated heterocycles. The molecule has 5 heteroatoms. The lowest BCUT2D eigenvalue weighted by Crippen LogP contribution is -2.01. The molecule has 0 aliphatic heterocycles. The molecule has 0 saturated carbocycles. The maximum Gasteiger partial charge on any atom is 0.250 e. The van der Waals surface area contributed by atoms with Crippen molar-refractivity contribution in [2.24, 2.45) is 0 Å². The Morgan fingerprint density at radius 3 is 3.00 bits per heavy atom. The second kappa shape index (κ2) is 6.15. The molecule has 100 valence electrons. The molecule has 2 rings (SSSR count). The Hall–Kier alpha value is -2.14. The Labute approximate surface area is 112 Å². The van der Waals surface area contributed by atoms with Crippen molar-refractivity contribution in [2.45, 2.75) is 20.0 Å². The van der Waals surface area contributed by atoms with Crippen molar-refractivity contribution >= 4 is 17.8 Å². The highest BCUT2D eigenvalue weighted by molar-refractivity contribution is 5.67. The third-order valence-corrected chi connectivity index (χ3v) is 2.57. The van der Waals surface area contributed by atoms with E-state index >= 15 is 0 Å². The Morgan fingerprint density at radius 2 is 2.26 bits per heavy atom. The Kier molecular flexibility index (Phi) is 4.30. The van der Waals surface area contributed by atoms with Crippen molar-refractivity contribution in [1.82, 2.24) is 10.1 Å². The van der Waals surface area contributed by atoms with E-state index in [1.54, 1.807) is 6.08 Å². The number of rotatable bonds is 5. The maximum absolute atomic E-state index is 5.70. The Morgan fingerprint density at radius 1 is 1.42 bits per heavy atom. The van der Waals surface area contributed by atoms with E-state index in [4.69, 9.17) is 15.0 Å². The van der Waals surface area contributed by atoms with Crippen LogP contribution >= 0.6 is 0 Å². The SMILES string of the molecule is CCOC(C)c1noc(/C=C/c2cccc(N)c2)n1. The quantitative estimate of drug-likeness (QED) is 0.836. The topological polar surface area (TPSA) is 74.2 Å². The zero-order chi connectivity index (χ0) is 13.7. The fraction of sp³-hybridized carbons (Fsp3) is 0.286. The average molecular weight is 259 g/mol. The Balaban J connectivity index is 2.07. The standard InChI is InChI=1S/C14H17N3O2/c1-3-18-10(2)14-16-13(19-17-14)8-7-11-5-4-6-12(15)9-11/h4-10H,3,15H2,1-2H3/b8-7+. The summed E-state index contributed by atoms with van der Waals surface area (Å²) < 4.78 is 10.5. The first-order valence-electron chi connectivity index (χ1n) is 6.18. The van der Waals surface area contributed by atoms with Crippen molar-refractivity contribution < 1.29 is 9.26 Å². The summed E-state index contributed by atoms with van der Waals surface area (Å²) in [6.45, 7) is 4.43. The van der Waals surface area contributed by atoms with Crippen LogP contribution < -0.4 is 5.73 Å². The minimum Gasteiger partial charge on any atom is -0.399 e. The van der Waals surface area contributed by atoms with Gasteiger partial charge in [0.05, 0.1) is 0 Å². The van der Waals surface area contributed by atoms with Crippen molar-refractivity contribution in [3.63, 3.8) is 0 Å². The van der Waals surface area contributed by atoms with Gasteiger partial charge in [-0.1, -0.05) is 17.3 Å². The molecule has 0 amide bonds. The van der Waals surface area contributed by atoms with Gasteiger partial charge in [-0.05, 0) is 37.6 Å². The Bertz CT molecular complexity index is 563. The van der Waals surface area contributed by atoms with Gasteiger partial charge in [0.2, 0.25) is 5.82 Å². The average Bonchev–Trinajstić information content (AvgIpc) is 2.86. The third kappa shape index (κ3) is 3.66. The summed E-state index contributed by atoms with van der Waals surface area (Å²) in [4.78, 5) is 4.25. The van der Waals surface area contributed by atoms with Gasteiger partial charge in [0, 0.05) is 18.4 Å². The molecule has 1 aromatic carbocycles. The molecule has 0 aliphatic rings. The first kappa shape index (κ1) is 13.3. The maximum atomic E-state index is 5.70. The van der Waals surface area contributed by atoms with E-state index in [0.717, 1.165) is 11.3 Å². The molecule has 0 fully saturated rings. The van der Waals surface area contributed by atoms with Gasteiger partial charge >= 0.3 is 0 Å². The second-order valence-electron chi connectivity index (χ2n) is 4.09. The van der Waals surface area contributed by atoms with Gasteiger partial charge in [0.25, 0.3) is 5.89 Å². The molecule has 19 heavy (non-hydrogen) atoms. The summed E-state index contributed by atoms with van der Waals surface area (Å²) in [6.07, 6.45) is 3.46. The number of aromatic nitrogens is 2. The fourth-order valence-electron chi connectivity index (χ4n) is 1.63. The first-order valence-corrected chi connectivity index (χ1v) is 6.18. The molecule has 0 radical (unpaired) electrons. The highest BCUT2D eigenvalue weighted by Gasteiger charge is 2.11. The van der Waals surface area contributed by atoms with Crippen LogP contribution in [0.5, 0.6) is 0 Å². The molecule has 0 bridgehead atoms. The number of nitrogens with zero attached hydrogens (tertiary/aromatic N) is 2. The normalized spacial score (nSPS) is 12.9. The predicted octanol–water partition coefficient (Wildman–Crippen LogP) is 2.92. The number of ether oxygens (including phenoxy) is 1. The number of hydrogen-bond donors (Lipinski definition) is 1. The molecule has 5 nitrogen and oxygen atoms in total. The highest BCUT2D eigenvalue weighted by Crippen LogP contribution is 2.15. The monoisotopic (exact) mass is 259 g/mol. The van der Waals surface area contributed by atoms with E-state index in [2.05, 4.69) is 10.1 Å². The fourth-order valence-corrected chi connectivity index (χ4v) is 1.63. The molecular weight excluding hydrogens is 242 g/mol. The largest absolute Gasteiger partial charge is 0.399 e. The van der Waals surface area contributed by atoms with Crippen molar-refractivity contribution in [1.29, 1.82) is 0 Å². The van der Waals surface area contributed by atoms with E-state index in [1.807, 2.05) is 44.2 Å². The molecule has 1 atom stereocenters.